The summed E-state index contributed by atoms with van der Waals surface area (Å²) < 4.78 is 26.8. The van der Waals surface area contributed by atoms with Crippen molar-refractivity contribution in [2.24, 2.45) is 0 Å². The van der Waals surface area contributed by atoms with Gasteiger partial charge in [0.2, 0.25) is 0 Å². The van der Waals surface area contributed by atoms with E-state index < -0.39 is 11.6 Å². The van der Waals surface area contributed by atoms with Gasteiger partial charge < -0.3 is 0 Å². The average molecular weight is 381 g/mol. The molecule has 0 bridgehead atoms. The first-order valence-corrected chi connectivity index (χ1v) is 4.61. The van der Waals surface area contributed by atoms with E-state index in [-0.39, 0.29) is 5.69 Å². The fourth-order valence-corrected chi connectivity index (χ4v) is 1.35. The standard InChI is InChI=1S/C6H3F2I2N/c7-4-1-2-5(8)6(3-4)11(9)10/h1-3H. The van der Waals surface area contributed by atoms with Crippen molar-refractivity contribution >= 4 is 51.4 Å². The minimum Gasteiger partial charge on any atom is -0.252 e. The number of hydrogen-bond acceptors (Lipinski definition) is 1. The zero-order valence-corrected chi connectivity index (χ0v) is 9.51. The Bertz CT molecular complexity index is 265. The molecule has 0 heterocycles. The van der Waals surface area contributed by atoms with Gasteiger partial charge in [-0.3, -0.25) is 1.33 Å². The van der Waals surface area contributed by atoms with Gasteiger partial charge in [0.25, 0.3) is 0 Å². The van der Waals surface area contributed by atoms with Crippen molar-refractivity contribution in [3.63, 3.8) is 0 Å². The van der Waals surface area contributed by atoms with E-state index in [0.717, 1.165) is 18.2 Å². The lowest BCUT2D eigenvalue weighted by molar-refractivity contribution is 0.603. The molecule has 0 radical (unpaired) electrons. The molecule has 11 heavy (non-hydrogen) atoms. The van der Waals surface area contributed by atoms with Crippen LogP contribution in [-0.2, 0) is 0 Å². The molecule has 0 saturated carbocycles. The van der Waals surface area contributed by atoms with Crippen LogP contribution in [0.15, 0.2) is 18.2 Å². The Balaban J connectivity index is 3.13. The van der Waals surface area contributed by atoms with Crippen LogP contribution in [0.4, 0.5) is 14.5 Å². The molecule has 0 atom stereocenters. The zero-order chi connectivity index (χ0) is 8.43. The molecule has 1 aromatic rings. The summed E-state index contributed by atoms with van der Waals surface area (Å²) in [6.45, 7) is 0. The highest BCUT2D eigenvalue weighted by Gasteiger charge is 2.06. The number of benzene rings is 1. The van der Waals surface area contributed by atoms with Crippen LogP contribution in [0.2, 0.25) is 0 Å². The fraction of sp³-hybridized carbons (Fsp3) is 0. The molecule has 0 unspecified atom stereocenters. The van der Waals surface area contributed by atoms with Crippen molar-refractivity contribution in [3.8, 4) is 0 Å². The zero-order valence-electron chi connectivity index (χ0n) is 5.19. The lowest BCUT2D eigenvalue weighted by Crippen LogP contribution is -1.94. The summed E-state index contributed by atoms with van der Waals surface area (Å²) in [6, 6.07) is 3.35. The lowest BCUT2D eigenvalue weighted by atomic mass is 10.3. The smallest absolute Gasteiger partial charge is 0.148 e. The van der Waals surface area contributed by atoms with Gasteiger partial charge in [-0.2, -0.15) is 0 Å². The van der Waals surface area contributed by atoms with Crippen molar-refractivity contribution in [1.29, 1.82) is 0 Å². The van der Waals surface area contributed by atoms with Gasteiger partial charge in [-0.15, -0.1) is 0 Å². The third-order valence-corrected chi connectivity index (χ3v) is 2.13. The van der Waals surface area contributed by atoms with Crippen LogP contribution < -0.4 is 1.33 Å². The topological polar surface area (TPSA) is 3.24 Å². The first-order chi connectivity index (χ1) is 5.11. The summed E-state index contributed by atoms with van der Waals surface area (Å²) in [5, 5.41) is 0. The monoisotopic (exact) mass is 381 g/mol. The van der Waals surface area contributed by atoms with Crippen molar-refractivity contribution in [2.75, 3.05) is 1.33 Å². The van der Waals surface area contributed by atoms with Gasteiger partial charge in [-0.05, 0) is 12.1 Å². The van der Waals surface area contributed by atoms with Crippen LogP contribution >= 0.6 is 45.7 Å². The maximum absolute atomic E-state index is 12.8. The molecular formula is C6H3F2I2N. The van der Waals surface area contributed by atoms with Crippen molar-refractivity contribution in [2.45, 2.75) is 0 Å². The van der Waals surface area contributed by atoms with Gasteiger partial charge in [0.15, 0.2) is 0 Å². The van der Waals surface area contributed by atoms with E-state index in [1.807, 2.05) is 45.7 Å². The summed E-state index contributed by atoms with van der Waals surface area (Å²) in [7, 11) is 0. The van der Waals surface area contributed by atoms with Gasteiger partial charge in [0.1, 0.15) is 11.6 Å². The molecule has 1 rings (SSSR count). The minimum absolute atomic E-state index is 0.242. The Morgan fingerprint density at radius 2 is 1.82 bits per heavy atom. The van der Waals surface area contributed by atoms with E-state index in [9.17, 15) is 8.78 Å². The predicted octanol–water partition coefficient (Wildman–Crippen LogP) is 3.47. The quantitative estimate of drug-likeness (QED) is 0.532. The van der Waals surface area contributed by atoms with E-state index in [2.05, 4.69) is 0 Å². The molecule has 0 amide bonds. The second kappa shape index (κ2) is 3.83. The lowest BCUT2D eigenvalue weighted by Gasteiger charge is -2.07. The molecular weight excluding hydrogens is 378 g/mol. The predicted molar refractivity (Wildman–Crippen MR) is 56.9 cm³/mol. The molecule has 0 aliphatic carbocycles. The maximum Gasteiger partial charge on any atom is 0.148 e. The van der Waals surface area contributed by atoms with E-state index in [1.165, 1.54) is 1.33 Å². The van der Waals surface area contributed by atoms with Gasteiger partial charge in [-0.1, -0.05) is 0 Å². The van der Waals surface area contributed by atoms with E-state index in [4.69, 9.17) is 0 Å². The molecule has 0 spiro atoms. The van der Waals surface area contributed by atoms with Crippen molar-refractivity contribution < 1.29 is 8.78 Å². The second-order valence-electron chi connectivity index (χ2n) is 1.83. The third-order valence-electron chi connectivity index (χ3n) is 1.09. The fourth-order valence-electron chi connectivity index (χ4n) is 0.615. The molecule has 5 heteroatoms. The summed E-state index contributed by atoms with van der Waals surface area (Å²) >= 11 is 3.73. The second-order valence-corrected chi connectivity index (χ2v) is 5.60. The first-order valence-electron chi connectivity index (χ1n) is 2.68. The summed E-state index contributed by atoms with van der Waals surface area (Å²) in [5.74, 6) is -0.852. The molecule has 0 N–H and O–H groups in total. The largest absolute Gasteiger partial charge is 0.252 e. The molecule has 1 aromatic carbocycles. The molecule has 1 nitrogen and oxygen atoms in total. The highest BCUT2D eigenvalue weighted by molar-refractivity contribution is 14.2. The highest BCUT2D eigenvalue weighted by atomic mass is 127. The number of hydrogen-bond donors (Lipinski definition) is 0. The molecule has 0 aliphatic rings. The number of nitrogens with zero attached hydrogens (tertiary/aromatic N) is 1. The van der Waals surface area contributed by atoms with E-state index in [0.29, 0.717) is 0 Å². The molecule has 60 valence electrons. The van der Waals surface area contributed by atoms with Gasteiger partial charge in [0.05, 0.1) is 51.4 Å². The summed E-state index contributed by atoms with van der Waals surface area (Å²) in [4.78, 5) is 0. The third kappa shape index (κ3) is 2.39. The Labute approximate surface area is 90.8 Å². The Morgan fingerprint density at radius 1 is 1.18 bits per heavy atom. The van der Waals surface area contributed by atoms with E-state index in [1.54, 1.807) is 0 Å². The van der Waals surface area contributed by atoms with Crippen molar-refractivity contribution in [1.82, 2.24) is 0 Å². The van der Waals surface area contributed by atoms with Crippen LogP contribution in [0.25, 0.3) is 0 Å². The van der Waals surface area contributed by atoms with Gasteiger partial charge >= 0.3 is 0 Å². The SMILES string of the molecule is Fc1ccc(F)c(N(I)I)c1. The Hall–Kier alpha value is 0.340. The van der Waals surface area contributed by atoms with Crippen LogP contribution in [-0.4, -0.2) is 0 Å². The average Bonchev–Trinajstić information content (AvgIpc) is 1.94. The molecule has 0 aliphatic heterocycles. The minimum atomic E-state index is -0.431. The molecule has 0 fully saturated rings. The Kier molecular flexibility index (Phi) is 3.29. The molecule has 0 saturated heterocycles. The number of anilines is 1. The van der Waals surface area contributed by atoms with Crippen LogP contribution in [0.5, 0.6) is 0 Å². The van der Waals surface area contributed by atoms with Crippen LogP contribution in [0.1, 0.15) is 0 Å². The first kappa shape index (κ1) is 9.43. The summed E-state index contributed by atoms with van der Waals surface area (Å²) in [6.07, 6.45) is 0. The Morgan fingerprint density at radius 3 is 2.27 bits per heavy atom. The maximum atomic E-state index is 12.8. The van der Waals surface area contributed by atoms with Crippen molar-refractivity contribution in [3.05, 3.63) is 29.8 Å². The normalized spacial score (nSPS) is 9.82. The van der Waals surface area contributed by atoms with Crippen LogP contribution in [0, 0.1) is 11.6 Å². The van der Waals surface area contributed by atoms with Gasteiger partial charge in [0, 0.05) is 6.07 Å². The van der Waals surface area contributed by atoms with Gasteiger partial charge in [-0.25, -0.2) is 8.78 Å². The number of halogens is 4. The van der Waals surface area contributed by atoms with E-state index >= 15 is 0 Å². The molecule has 0 aromatic heterocycles. The highest BCUT2D eigenvalue weighted by Crippen LogP contribution is 2.26. The summed E-state index contributed by atoms with van der Waals surface area (Å²) in [5.41, 5.74) is 0.242. The number of rotatable bonds is 1. The van der Waals surface area contributed by atoms with Crippen LogP contribution in [0.3, 0.4) is 0 Å².